The first-order valence-electron chi connectivity index (χ1n) is 8.38. The first kappa shape index (κ1) is 20.7. The molecule has 0 aromatic heterocycles. The number of hydrogen-bond donors (Lipinski definition) is 1. The van der Waals surface area contributed by atoms with Gasteiger partial charge in [-0.1, -0.05) is 18.2 Å². The normalized spacial score (nSPS) is 13.3. The Morgan fingerprint density at radius 1 is 1.20 bits per heavy atom. The Kier molecular flexibility index (Phi) is 5.59. The van der Waals surface area contributed by atoms with E-state index in [4.69, 9.17) is 9.47 Å². The van der Waals surface area contributed by atoms with E-state index in [9.17, 15) is 33.3 Å². The Hall–Kier alpha value is -4.07. The van der Waals surface area contributed by atoms with Gasteiger partial charge in [-0.3, -0.25) is 14.9 Å². The number of ether oxygens (including phenoxy) is 2. The molecule has 0 aliphatic carbocycles. The molecule has 8 nitrogen and oxygen atoms in total. The van der Waals surface area contributed by atoms with Crippen LogP contribution in [0, 0.1) is 21.4 Å². The lowest BCUT2D eigenvalue weighted by atomic mass is 10.0. The molecule has 0 spiro atoms. The van der Waals surface area contributed by atoms with Crippen molar-refractivity contribution in [1.82, 2.24) is 0 Å². The van der Waals surface area contributed by atoms with Crippen molar-refractivity contribution in [3.63, 3.8) is 0 Å². The minimum Gasteiger partial charge on any atom is -0.486 e. The van der Waals surface area contributed by atoms with Crippen LogP contribution in [-0.2, 0) is 11.0 Å². The number of nitro groups is 1. The number of fused-ring (bicyclic) bond motifs is 1. The molecule has 1 aliphatic rings. The Labute approximate surface area is 167 Å². The van der Waals surface area contributed by atoms with E-state index in [2.05, 4.69) is 5.32 Å². The van der Waals surface area contributed by atoms with Crippen molar-refractivity contribution in [3.8, 4) is 17.6 Å². The zero-order valence-electron chi connectivity index (χ0n) is 15.0. The van der Waals surface area contributed by atoms with E-state index in [1.54, 1.807) is 0 Å². The summed E-state index contributed by atoms with van der Waals surface area (Å²) in [6.07, 6.45) is -3.93. The van der Waals surface area contributed by atoms with Gasteiger partial charge in [0.25, 0.3) is 11.6 Å². The molecule has 1 aliphatic heterocycles. The molecule has 2 aromatic carbocycles. The summed E-state index contributed by atoms with van der Waals surface area (Å²) in [6.45, 7) is 0.381. The molecule has 1 N–H and O–H groups in total. The number of rotatable bonds is 4. The molecule has 0 fully saturated rings. The Morgan fingerprint density at radius 3 is 2.43 bits per heavy atom. The highest BCUT2D eigenvalue weighted by Crippen LogP contribution is 2.39. The number of carbonyl (C=O) groups excluding carboxylic acids is 1. The Bertz CT molecular complexity index is 1090. The third-order valence-corrected chi connectivity index (χ3v) is 4.04. The summed E-state index contributed by atoms with van der Waals surface area (Å²) in [6, 6.07) is 8.12. The monoisotopic (exact) mass is 419 g/mol. The van der Waals surface area contributed by atoms with E-state index in [1.165, 1.54) is 18.2 Å². The van der Waals surface area contributed by atoms with Gasteiger partial charge in [0.05, 0.1) is 16.6 Å². The number of hydrogen-bond acceptors (Lipinski definition) is 6. The van der Waals surface area contributed by atoms with Crippen molar-refractivity contribution in [1.29, 1.82) is 5.26 Å². The largest absolute Gasteiger partial charge is 0.486 e. The minimum atomic E-state index is -4.70. The molecule has 154 valence electrons. The van der Waals surface area contributed by atoms with E-state index in [0.717, 1.165) is 30.3 Å². The predicted molar refractivity (Wildman–Crippen MR) is 97.8 cm³/mol. The van der Waals surface area contributed by atoms with Gasteiger partial charge in [-0.2, -0.15) is 18.4 Å². The van der Waals surface area contributed by atoms with Gasteiger partial charge < -0.3 is 14.8 Å². The van der Waals surface area contributed by atoms with Crippen LogP contribution in [0.5, 0.6) is 11.5 Å². The molecular formula is C19H12F3N3O5. The topological polar surface area (TPSA) is 114 Å². The average Bonchev–Trinajstić information content (AvgIpc) is 2.70. The minimum absolute atomic E-state index is 0.112. The van der Waals surface area contributed by atoms with Gasteiger partial charge in [-0.25, -0.2) is 0 Å². The SMILES string of the molecule is N#CC(=Cc1ccccc1C(F)(F)F)C(=O)Nc1cc2c(cc1[N+](=O)[O-])OCCO2. The van der Waals surface area contributed by atoms with Crippen LogP contribution in [0.25, 0.3) is 6.08 Å². The fourth-order valence-electron chi connectivity index (χ4n) is 2.70. The van der Waals surface area contributed by atoms with E-state index in [1.807, 2.05) is 0 Å². The number of amides is 1. The second kappa shape index (κ2) is 8.12. The number of nitriles is 1. The fourth-order valence-corrected chi connectivity index (χ4v) is 2.70. The lowest BCUT2D eigenvalue weighted by Gasteiger charge is -2.19. The molecule has 0 bridgehead atoms. The van der Waals surface area contributed by atoms with Crippen molar-refractivity contribution >= 4 is 23.4 Å². The van der Waals surface area contributed by atoms with Crippen LogP contribution >= 0.6 is 0 Å². The standard InChI is InChI=1S/C19H12F3N3O5/c20-19(21,22)13-4-2-1-3-11(13)7-12(10-23)18(26)24-14-8-16-17(30-6-5-29-16)9-15(14)25(27)28/h1-4,7-9H,5-6H2,(H,24,26). The molecule has 11 heteroatoms. The van der Waals surface area contributed by atoms with Gasteiger partial charge in [0.1, 0.15) is 30.5 Å². The zero-order chi connectivity index (χ0) is 21.9. The highest BCUT2D eigenvalue weighted by atomic mass is 19.4. The third-order valence-electron chi connectivity index (χ3n) is 4.04. The quantitative estimate of drug-likeness (QED) is 0.348. The fraction of sp³-hybridized carbons (Fsp3) is 0.158. The molecule has 2 aromatic rings. The lowest BCUT2D eigenvalue weighted by molar-refractivity contribution is -0.384. The molecule has 0 saturated carbocycles. The second-order valence-corrected chi connectivity index (χ2v) is 5.98. The van der Waals surface area contributed by atoms with Crippen molar-refractivity contribution in [2.75, 3.05) is 18.5 Å². The van der Waals surface area contributed by atoms with E-state index in [0.29, 0.717) is 0 Å². The molecule has 0 unspecified atom stereocenters. The van der Waals surface area contributed by atoms with E-state index >= 15 is 0 Å². The Morgan fingerprint density at radius 2 is 1.83 bits per heavy atom. The first-order valence-corrected chi connectivity index (χ1v) is 8.38. The van der Waals surface area contributed by atoms with Gasteiger partial charge >= 0.3 is 6.18 Å². The number of halogens is 3. The van der Waals surface area contributed by atoms with Crippen LogP contribution < -0.4 is 14.8 Å². The Balaban J connectivity index is 1.97. The predicted octanol–water partition coefficient (Wildman–Crippen LogP) is 3.93. The number of alkyl halides is 3. The lowest BCUT2D eigenvalue weighted by Crippen LogP contribution is -2.18. The number of carbonyl (C=O) groups is 1. The third kappa shape index (κ3) is 4.33. The molecule has 0 atom stereocenters. The van der Waals surface area contributed by atoms with Crippen molar-refractivity contribution in [3.05, 3.63) is 63.2 Å². The highest BCUT2D eigenvalue weighted by molar-refractivity contribution is 6.10. The number of nitro benzene ring substituents is 1. The second-order valence-electron chi connectivity index (χ2n) is 5.98. The maximum absolute atomic E-state index is 13.1. The zero-order valence-corrected chi connectivity index (χ0v) is 15.0. The van der Waals surface area contributed by atoms with Crippen LogP contribution in [0.3, 0.4) is 0 Å². The summed E-state index contributed by atoms with van der Waals surface area (Å²) in [4.78, 5) is 23.0. The molecule has 3 rings (SSSR count). The van der Waals surface area contributed by atoms with Gasteiger partial charge in [0.15, 0.2) is 11.5 Å². The van der Waals surface area contributed by atoms with E-state index in [-0.39, 0.29) is 30.4 Å². The summed E-state index contributed by atoms with van der Waals surface area (Å²) in [7, 11) is 0. The van der Waals surface area contributed by atoms with E-state index < -0.39 is 39.4 Å². The summed E-state index contributed by atoms with van der Waals surface area (Å²) >= 11 is 0. The summed E-state index contributed by atoms with van der Waals surface area (Å²) in [5.74, 6) is -0.859. The van der Waals surface area contributed by atoms with Crippen molar-refractivity contribution in [2.45, 2.75) is 6.18 Å². The number of nitrogens with one attached hydrogen (secondary N) is 1. The van der Waals surface area contributed by atoms with Crippen LogP contribution in [0.4, 0.5) is 24.5 Å². The molecule has 30 heavy (non-hydrogen) atoms. The summed E-state index contributed by atoms with van der Waals surface area (Å²) < 4.78 is 50.0. The molecule has 0 saturated heterocycles. The van der Waals surface area contributed by atoms with Crippen molar-refractivity contribution < 1.29 is 32.4 Å². The number of anilines is 1. The van der Waals surface area contributed by atoms with Crippen LogP contribution in [0.2, 0.25) is 0 Å². The molecule has 1 heterocycles. The molecule has 1 amide bonds. The van der Waals surface area contributed by atoms with Gasteiger partial charge in [-0.05, 0) is 17.7 Å². The smallest absolute Gasteiger partial charge is 0.416 e. The van der Waals surface area contributed by atoms with Crippen LogP contribution in [0.15, 0.2) is 42.0 Å². The average molecular weight is 419 g/mol. The number of nitrogens with zero attached hydrogens (tertiary/aromatic N) is 2. The van der Waals surface area contributed by atoms with Gasteiger partial charge in [0, 0.05) is 6.07 Å². The van der Waals surface area contributed by atoms with Crippen LogP contribution in [0.1, 0.15) is 11.1 Å². The highest BCUT2D eigenvalue weighted by Gasteiger charge is 2.33. The molecule has 0 radical (unpaired) electrons. The maximum atomic E-state index is 13.1. The number of benzene rings is 2. The van der Waals surface area contributed by atoms with Gasteiger partial charge in [0.2, 0.25) is 0 Å². The van der Waals surface area contributed by atoms with Crippen molar-refractivity contribution in [2.24, 2.45) is 0 Å². The summed E-state index contributed by atoms with van der Waals surface area (Å²) in [5, 5.41) is 22.8. The van der Waals surface area contributed by atoms with Gasteiger partial charge in [-0.15, -0.1) is 0 Å². The molecular weight excluding hydrogens is 407 g/mol. The first-order chi connectivity index (χ1) is 14.2. The van der Waals surface area contributed by atoms with Crippen LogP contribution in [-0.4, -0.2) is 24.0 Å². The maximum Gasteiger partial charge on any atom is 0.416 e. The summed E-state index contributed by atoms with van der Waals surface area (Å²) in [5.41, 5.74) is -2.92.